The van der Waals surface area contributed by atoms with Crippen molar-refractivity contribution in [1.82, 2.24) is 15.0 Å². The van der Waals surface area contributed by atoms with Gasteiger partial charge in [0.05, 0.1) is 0 Å². The molecule has 0 unspecified atom stereocenters. The van der Waals surface area contributed by atoms with Crippen molar-refractivity contribution in [2.24, 2.45) is 17.8 Å². The second-order valence-corrected chi connectivity index (χ2v) is 7.75. The SMILES string of the molecule is O=C([C@H]1C[C@H]2C=C[C@@H]1C2)N1CCCC[C@@H]1c1nc(-c2ccccc2)no1. The van der Waals surface area contributed by atoms with Crippen LogP contribution < -0.4 is 0 Å². The summed E-state index contributed by atoms with van der Waals surface area (Å²) in [6, 6.07) is 9.76. The molecule has 5 nitrogen and oxygen atoms in total. The molecular formula is C21H23N3O2. The summed E-state index contributed by atoms with van der Waals surface area (Å²) in [4.78, 5) is 19.9. The Morgan fingerprint density at radius 2 is 2.00 bits per heavy atom. The largest absolute Gasteiger partial charge is 0.337 e. The van der Waals surface area contributed by atoms with E-state index in [0.717, 1.165) is 44.2 Å². The van der Waals surface area contributed by atoms with E-state index in [0.29, 0.717) is 23.6 Å². The number of rotatable bonds is 3. The molecule has 26 heavy (non-hydrogen) atoms. The summed E-state index contributed by atoms with van der Waals surface area (Å²) < 4.78 is 5.59. The summed E-state index contributed by atoms with van der Waals surface area (Å²) in [5.74, 6) is 2.63. The maximum Gasteiger partial charge on any atom is 0.249 e. The fourth-order valence-corrected chi connectivity index (χ4v) is 4.80. The van der Waals surface area contributed by atoms with E-state index in [1.165, 1.54) is 0 Å². The monoisotopic (exact) mass is 349 g/mol. The number of fused-ring (bicyclic) bond motifs is 2. The number of hydrogen-bond donors (Lipinski definition) is 0. The molecule has 0 N–H and O–H groups in total. The minimum Gasteiger partial charge on any atom is -0.337 e. The Morgan fingerprint density at radius 1 is 1.12 bits per heavy atom. The lowest BCUT2D eigenvalue weighted by Crippen LogP contribution is -2.43. The van der Waals surface area contributed by atoms with Crippen LogP contribution in [0.3, 0.4) is 0 Å². The number of piperidine rings is 1. The van der Waals surface area contributed by atoms with Crippen LogP contribution in [0.5, 0.6) is 0 Å². The van der Waals surface area contributed by atoms with Crippen LogP contribution in [0.25, 0.3) is 11.4 Å². The van der Waals surface area contributed by atoms with Gasteiger partial charge >= 0.3 is 0 Å². The molecular weight excluding hydrogens is 326 g/mol. The van der Waals surface area contributed by atoms with E-state index in [-0.39, 0.29) is 17.9 Å². The molecule has 4 atom stereocenters. The first kappa shape index (κ1) is 15.8. The number of amides is 1. The third-order valence-corrected chi connectivity index (χ3v) is 6.14. The maximum absolute atomic E-state index is 13.3. The Kier molecular flexibility index (Phi) is 3.88. The number of nitrogens with zero attached hydrogens (tertiary/aromatic N) is 3. The molecule has 2 fully saturated rings. The lowest BCUT2D eigenvalue weighted by Gasteiger charge is -2.36. The lowest BCUT2D eigenvalue weighted by atomic mass is 9.90. The van der Waals surface area contributed by atoms with Crippen molar-refractivity contribution in [2.75, 3.05) is 6.54 Å². The van der Waals surface area contributed by atoms with Crippen LogP contribution in [0.15, 0.2) is 47.0 Å². The molecule has 1 aliphatic heterocycles. The molecule has 1 aromatic heterocycles. The van der Waals surface area contributed by atoms with Crippen molar-refractivity contribution < 1.29 is 9.32 Å². The Labute approximate surface area is 153 Å². The first-order valence-electron chi connectivity index (χ1n) is 9.67. The molecule has 2 aliphatic carbocycles. The summed E-state index contributed by atoms with van der Waals surface area (Å²) in [5.41, 5.74) is 0.939. The van der Waals surface area contributed by atoms with Gasteiger partial charge < -0.3 is 9.42 Å². The van der Waals surface area contributed by atoms with Crippen LogP contribution in [0.4, 0.5) is 0 Å². The number of aromatic nitrogens is 2. The molecule has 1 saturated heterocycles. The van der Waals surface area contributed by atoms with Crippen molar-refractivity contribution in [3.05, 3.63) is 48.4 Å². The van der Waals surface area contributed by atoms with E-state index < -0.39 is 0 Å². The van der Waals surface area contributed by atoms with Crippen LogP contribution in [-0.2, 0) is 4.79 Å². The van der Waals surface area contributed by atoms with Crippen molar-refractivity contribution in [3.63, 3.8) is 0 Å². The number of hydrogen-bond acceptors (Lipinski definition) is 4. The van der Waals surface area contributed by atoms with Crippen LogP contribution in [0, 0.1) is 17.8 Å². The Balaban J connectivity index is 1.39. The average Bonchev–Trinajstić information content (AvgIpc) is 3.45. The lowest BCUT2D eigenvalue weighted by molar-refractivity contribution is -0.141. The fraction of sp³-hybridized carbons (Fsp3) is 0.476. The maximum atomic E-state index is 13.3. The smallest absolute Gasteiger partial charge is 0.249 e. The van der Waals surface area contributed by atoms with Crippen LogP contribution in [0.2, 0.25) is 0 Å². The molecule has 1 amide bonds. The van der Waals surface area contributed by atoms with Crippen LogP contribution in [0.1, 0.15) is 44.0 Å². The number of benzene rings is 1. The molecule has 134 valence electrons. The van der Waals surface area contributed by atoms with Gasteiger partial charge in [-0.2, -0.15) is 4.98 Å². The van der Waals surface area contributed by atoms with E-state index in [4.69, 9.17) is 4.52 Å². The minimum atomic E-state index is -0.0793. The molecule has 0 spiro atoms. The van der Waals surface area contributed by atoms with E-state index >= 15 is 0 Å². The zero-order valence-corrected chi connectivity index (χ0v) is 14.8. The molecule has 3 aliphatic rings. The first-order chi connectivity index (χ1) is 12.8. The predicted octanol–water partition coefficient (Wildman–Crippen LogP) is 4.00. The highest BCUT2D eigenvalue weighted by molar-refractivity contribution is 5.80. The summed E-state index contributed by atoms with van der Waals surface area (Å²) in [6.07, 6.45) is 9.73. The van der Waals surface area contributed by atoms with Crippen molar-refractivity contribution in [2.45, 2.75) is 38.1 Å². The summed E-state index contributed by atoms with van der Waals surface area (Å²) in [6.45, 7) is 0.796. The fourth-order valence-electron chi connectivity index (χ4n) is 4.80. The van der Waals surface area contributed by atoms with Crippen LogP contribution >= 0.6 is 0 Å². The van der Waals surface area contributed by atoms with Gasteiger partial charge in [-0.05, 0) is 43.9 Å². The number of allylic oxidation sites excluding steroid dienone is 2. The molecule has 2 aromatic rings. The van der Waals surface area contributed by atoms with E-state index in [2.05, 4.69) is 22.3 Å². The number of likely N-dealkylation sites (tertiary alicyclic amines) is 1. The normalized spacial score (nSPS) is 30.1. The molecule has 2 bridgehead atoms. The number of carbonyl (C=O) groups is 1. The van der Waals surface area contributed by atoms with Crippen molar-refractivity contribution in [1.29, 1.82) is 0 Å². The quantitative estimate of drug-likeness (QED) is 0.786. The van der Waals surface area contributed by atoms with Crippen LogP contribution in [-0.4, -0.2) is 27.5 Å². The van der Waals surface area contributed by atoms with Gasteiger partial charge in [-0.15, -0.1) is 0 Å². The Morgan fingerprint density at radius 3 is 2.77 bits per heavy atom. The zero-order valence-electron chi connectivity index (χ0n) is 14.8. The van der Waals surface area contributed by atoms with Gasteiger partial charge in [0.2, 0.25) is 17.6 Å². The number of carbonyl (C=O) groups excluding carboxylic acids is 1. The van der Waals surface area contributed by atoms with E-state index in [9.17, 15) is 4.79 Å². The molecule has 0 radical (unpaired) electrons. The molecule has 1 saturated carbocycles. The zero-order chi connectivity index (χ0) is 17.5. The van der Waals surface area contributed by atoms with Gasteiger partial charge in [-0.1, -0.05) is 47.6 Å². The Hall–Kier alpha value is -2.43. The van der Waals surface area contributed by atoms with Gasteiger partial charge in [-0.3, -0.25) is 4.79 Å². The second-order valence-electron chi connectivity index (χ2n) is 7.75. The highest BCUT2D eigenvalue weighted by atomic mass is 16.5. The summed E-state index contributed by atoms with van der Waals surface area (Å²) in [5, 5.41) is 4.16. The third-order valence-electron chi connectivity index (χ3n) is 6.14. The van der Waals surface area contributed by atoms with Gasteiger partial charge in [0.1, 0.15) is 6.04 Å². The second kappa shape index (κ2) is 6.38. The predicted molar refractivity (Wildman–Crippen MR) is 96.9 cm³/mol. The highest BCUT2D eigenvalue weighted by Gasteiger charge is 2.44. The highest BCUT2D eigenvalue weighted by Crippen LogP contribution is 2.45. The topological polar surface area (TPSA) is 59.2 Å². The average molecular weight is 349 g/mol. The molecule has 5 rings (SSSR count). The van der Waals surface area contributed by atoms with E-state index in [1.807, 2.05) is 35.2 Å². The van der Waals surface area contributed by atoms with Crippen molar-refractivity contribution >= 4 is 5.91 Å². The molecule has 2 heterocycles. The first-order valence-corrected chi connectivity index (χ1v) is 9.67. The van der Waals surface area contributed by atoms with Gasteiger partial charge in [0, 0.05) is 18.0 Å². The summed E-state index contributed by atoms with van der Waals surface area (Å²) >= 11 is 0. The molecule has 1 aromatic carbocycles. The van der Waals surface area contributed by atoms with E-state index in [1.54, 1.807) is 0 Å². The van der Waals surface area contributed by atoms with Gasteiger partial charge in [0.15, 0.2) is 0 Å². The van der Waals surface area contributed by atoms with Crippen molar-refractivity contribution in [3.8, 4) is 11.4 Å². The summed E-state index contributed by atoms with van der Waals surface area (Å²) in [7, 11) is 0. The van der Waals surface area contributed by atoms with Gasteiger partial charge in [-0.25, -0.2) is 0 Å². The van der Waals surface area contributed by atoms with Gasteiger partial charge in [0.25, 0.3) is 0 Å². The standard InChI is InChI=1S/C21H23N3O2/c25-21(17-13-14-9-10-16(17)12-14)24-11-5-4-8-18(24)20-22-19(23-26-20)15-6-2-1-3-7-15/h1-3,6-7,9-10,14,16-18H,4-5,8,11-13H2/t14-,16+,17-,18+/m0/s1. The third kappa shape index (κ3) is 2.66. The Bertz CT molecular complexity index is 829. The molecule has 5 heteroatoms. The minimum absolute atomic E-state index is 0.0793.